The first kappa shape index (κ1) is 16.5. The maximum Gasteiger partial charge on any atom is 0.251 e. The predicted octanol–water partition coefficient (Wildman–Crippen LogP) is 1.00. The lowest BCUT2D eigenvalue weighted by Gasteiger charge is -2.20. The number of nitrogens with zero attached hydrogens (tertiary/aromatic N) is 1. The van der Waals surface area contributed by atoms with Crippen molar-refractivity contribution in [1.82, 2.24) is 10.2 Å². The topological polar surface area (TPSA) is 52.6 Å². The van der Waals surface area contributed by atoms with E-state index in [9.17, 15) is 18.0 Å². The van der Waals surface area contributed by atoms with Gasteiger partial charge >= 0.3 is 0 Å². The van der Waals surface area contributed by atoms with Crippen LogP contribution in [0.4, 0.5) is 13.2 Å². The number of benzene rings is 1. The number of rotatable bonds is 8. The lowest BCUT2D eigenvalue weighted by atomic mass is 10.2. The molecule has 112 valence electrons. The molecule has 0 atom stereocenters. The van der Waals surface area contributed by atoms with E-state index in [2.05, 4.69) is 5.32 Å². The van der Waals surface area contributed by atoms with Crippen molar-refractivity contribution in [3.05, 3.63) is 35.6 Å². The minimum absolute atomic E-state index is 0.00680. The van der Waals surface area contributed by atoms with E-state index in [1.807, 2.05) is 0 Å². The van der Waals surface area contributed by atoms with Gasteiger partial charge in [-0.2, -0.15) is 0 Å². The average Bonchev–Trinajstić information content (AvgIpc) is 2.37. The summed E-state index contributed by atoms with van der Waals surface area (Å²) in [7, 11) is 0. The summed E-state index contributed by atoms with van der Waals surface area (Å²) in [5.41, 5.74) is 0.323. The molecule has 0 aliphatic rings. The van der Waals surface area contributed by atoms with Gasteiger partial charge in [0.05, 0.1) is 19.7 Å². The Morgan fingerprint density at radius 1 is 1.35 bits per heavy atom. The highest BCUT2D eigenvalue weighted by atomic mass is 19.3. The van der Waals surface area contributed by atoms with E-state index in [0.717, 1.165) is 4.90 Å². The fraction of sp³-hybridized carbons (Fsp3) is 0.462. The van der Waals surface area contributed by atoms with Crippen LogP contribution >= 0.6 is 0 Å². The highest BCUT2D eigenvalue weighted by Crippen LogP contribution is 2.05. The van der Waals surface area contributed by atoms with Crippen LogP contribution in [0.2, 0.25) is 0 Å². The normalized spacial score (nSPS) is 11.1. The van der Waals surface area contributed by atoms with Crippen molar-refractivity contribution in [3.8, 4) is 0 Å². The molecule has 1 aromatic carbocycles. The maximum atomic E-state index is 13.3. The quantitative estimate of drug-likeness (QED) is 0.751. The largest absolute Gasteiger partial charge is 0.395 e. The third kappa shape index (κ3) is 6.03. The first-order valence-corrected chi connectivity index (χ1v) is 6.14. The first-order chi connectivity index (χ1) is 9.52. The van der Waals surface area contributed by atoms with E-state index in [-0.39, 0.29) is 26.2 Å². The Morgan fingerprint density at radius 3 is 2.65 bits per heavy atom. The van der Waals surface area contributed by atoms with Gasteiger partial charge in [0.2, 0.25) is 5.91 Å². The molecule has 0 heterocycles. The molecule has 0 unspecified atom stereocenters. The molecule has 1 amide bonds. The van der Waals surface area contributed by atoms with Gasteiger partial charge in [0.15, 0.2) is 0 Å². The molecule has 0 saturated carbocycles. The zero-order valence-electron chi connectivity index (χ0n) is 10.9. The van der Waals surface area contributed by atoms with Gasteiger partial charge in [0, 0.05) is 18.7 Å². The summed E-state index contributed by atoms with van der Waals surface area (Å²) in [5, 5.41) is 11.2. The van der Waals surface area contributed by atoms with Gasteiger partial charge in [-0.3, -0.25) is 9.69 Å². The summed E-state index contributed by atoms with van der Waals surface area (Å²) in [4.78, 5) is 12.7. The third-order valence-electron chi connectivity index (χ3n) is 2.61. The lowest BCUT2D eigenvalue weighted by Crippen LogP contribution is -2.40. The molecule has 1 rings (SSSR count). The number of alkyl halides is 2. The Balaban J connectivity index is 2.43. The Kier molecular flexibility index (Phi) is 7.03. The second-order valence-corrected chi connectivity index (χ2v) is 4.22. The summed E-state index contributed by atoms with van der Waals surface area (Å²) in [6.07, 6.45) is -2.58. The summed E-state index contributed by atoms with van der Waals surface area (Å²) >= 11 is 0. The van der Waals surface area contributed by atoms with E-state index in [0.29, 0.717) is 5.56 Å². The number of nitrogens with one attached hydrogen (secondary N) is 1. The van der Waals surface area contributed by atoms with Gasteiger partial charge < -0.3 is 10.4 Å². The monoisotopic (exact) mass is 290 g/mol. The Morgan fingerprint density at radius 2 is 2.05 bits per heavy atom. The van der Waals surface area contributed by atoms with Crippen LogP contribution in [0, 0.1) is 5.82 Å². The van der Waals surface area contributed by atoms with Crippen LogP contribution in [0.15, 0.2) is 24.3 Å². The van der Waals surface area contributed by atoms with Crippen LogP contribution < -0.4 is 5.32 Å². The number of carbonyl (C=O) groups excluding carboxylic acids is 1. The molecule has 20 heavy (non-hydrogen) atoms. The smallest absolute Gasteiger partial charge is 0.251 e. The second-order valence-electron chi connectivity index (χ2n) is 4.22. The highest BCUT2D eigenvalue weighted by Gasteiger charge is 2.15. The fourth-order valence-electron chi connectivity index (χ4n) is 1.67. The van der Waals surface area contributed by atoms with Gasteiger partial charge in [-0.25, -0.2) is 13.2 Å². The molecule has 0 radical (unpaired) electrons. The fourth-order valence-corrected chi connectivity index (χ4v) is 1.67. The highest BCUT2D eigenvalue weighted by molar-refractivity contribution is 5.78. The van der Waals surface area contributed by atoms with Crippen LogP contribution in [0.3, 0.4) is 0 Å². The minimum atomic E-state index is -2.58. The molecular weight excluding hydrogens is 273 g/mol. The molecule has 0 fully saturated rings. The van der Waals surface area contributed by atoms with Crippen molar-refractivity contribution >= 4 is 5.91 Å². The summed E-state index contributed by atoms with van der Waals surface area (Å²) < 4.78 is 37.8. The SMILES string of the molecule is O=C(CN(CCO)CC(F)F)NCc1ccccc1F. The van der Waals surface area contributed by atoms with Gasteiger partial charge in [-0.15, -0.1) is 0 Å². The van der Waals surface area contributed by atoms with E-state index in [1.54, 1.807) is 6.07 Å². The summed E-state index contributed by atoms with van der Waals surface area (Å²) in [6, 6.07) is 5.97. The summed E-state index contributed by atoms with van der Waals surface area (Å²) in [5.74, 6) is -0.935. The van der Waals surface area contributed by atoms with Crippen LogP contribution in [-0.4, -0.2) is 48.6 Å². The number of aliphatic hydroxyl groups is 1. The van der Waals surface area contributed by atoms with Gasteiger partial charge in [-0.05, 0) is 6.07 Å². The molecule has 2 N–H and O–H groups in total. The Labute approximate surface area is 115 Å². The van der Waals surface area contributed by atoms with Crippen LogP contribution in [-0.2, 0) is 11.3 Å². The first-order valence-electron chi connectivity index (χ1n) is 6.14. The molecule has 7 heteroatoms. The number of hydrogen-bond donors (Lipinski definition) is 2. The Hall–Kier alpha value is -1.60. The van der Waals surface area contributed by atoms with Crippen molar-refractivity contribution < 1.29 is 23.1 Å². The molecule has 1 aromatic rings. The predicted molar refractivity (Wildman–Crippen MR) is 67.8 cm³/mol. The van der Waals surface area contributed by atoms with Gasteiger partial charge in [-0.1, -0.05) is 18.2 Å². The Bertz CT molecular complexity index is 430. The van der Waals surface area contributed by atoms with Crippen LogP contribution in [0.5, 0.6) is 0 Å². The van der Waals surface area contributed by atoms with Crippen molar-refractivity contribution in [2.75, 3.05) is 26.2 Å². The molecular formula is C13H17F3N2O2. The van der Waals surface area contributed by atoms with Gasteiger partial charge in [0.25, 0.3) is 6.43 Å². The minimum Gasteiger partial charge on any atom is -0.395 e. The van der Waals surface area contributed by atoms with E-state index in [1.165, 1.54) is 18.2 Å². The molecule has 0 aromatic heterocycles. The van der Waals surface area contributed by atoms with Crippen molar-refractivity contribution in [3.63, 3.8) is 0 Å². The zero-order chi connectivity index (χ0) is 15.0. The van der Waals surface area contributed by atoms with E-state index < -0.39 is 24.7 Å². The zero-order valence-corrected chi connectivity index (χ0v) is 10.9. The van der Waals surface area contributed by atoms with E-state index in [4.69, 9.17) is 5.11 Å². The number of halogens is 3. The second kappa shape index (κ2) is 8.55. The van der Waals surface area contributed by atoms with Crippen molar-refractivity contribution in [1.29, 1.82) is 0 Å². The molecule has 0 spiro atoms. The standard InChI is InChI=1S/C13H17F3N2O2/c14-11-4-2-1-3-10(11)7-17-13(20)9-18(5-6-19)8-12(15)16/h1-4,12,19H,5-9H2,(H,17,20). The van der Waals surface area contributed by atoms with Crippen LogP contribution in [0.25, 0.3) is 0 Å². The number of amides is 1. The average molecular weight is 290 g/mol. The molecule has 4 nitrogen and oxygen atoms in total. The summed E-state index contributed by atoms with van der Waals surface area (Å²) in [6.45, 7) is -1.19. The molecule has 0 saturated heterocycles. The van der Waals surface area contributed by atoms with Gasteiger partial charge in [0.1, 0.15) is 5.82 Å². The van der Waals surface area contributed by atoms with Crippen molar-refractivity contribution in [2.45, 2.75) is 13.0 Å². The molecule has 0 bridgehead atoms. The lowest BCUT2D eigenvalue weighted by molar-refractivity contribution is -0.122. The van der Waals surface area contributed by atoms with Crippen molar-refractivity contribution in [2.24, 2.45) is 0 Å². The number of carbonyl (C=O) groups is 1. The van der Waals surface area contributed by atoms with E-state index >= 15 is 0 Å². The molecule has 0 aliphatic heterocycles. The number of hydrogen-bond acceptors (Lipinski definition) is 3. The number of aliphatic hydroxyl groups excluding tert-OH is 1. The maximum absolute atomic E-state index is 13.3. The third-order valence-corrected chi connectivity index (χ3v) is 2.61. The van der Waals surface area contributed by atoms with Crippen LogP contribution in [0.1, 0.15) is 5.56 Å². The molecule has 0 aliphatic carbocycles.